The van der Waals surface area contributed by atoms with Gasteiger partial charge in [-0.05, 0) is 55.0 Å². The molecule has 0 saturated carbocycles. The number of aromatic hydroxyl groups is 1. The summed E-state index contributed by atoms with van der Waals surface area (Å²) < 4.78 is 5.64. The van der Waals surface area contributed by atoms with Crippen LogP contribution in [0.3, 0.4) is 0 Å². The fourth-order valence-corrected chi connectivity index (χ4v) is 4.02. The summed E-state index contributed by atoms with van der Waals surface area (Å²) in [6.45, 7) is 10.2. The van der Waals surface area contributed by atoms with E-state index in [1.165, 1.54) is 17.6 Å². The Morgan fingerprint density at radius 3 is 2.55 bits per heavy atom. The molecule has 1 unspecified atom stereocenters. The number of benzene rings is 2. The molecule has 0 aliphatic rings. The molecule has 7 heteroatoms. The van der Waals surface area contributed by atoms with Gasteiger partial charge < -0.3 is 9.84 Å². The van der Waals surface area contributed by atoms with Crippen LogP contribution in [0.4, 0.5) is 0 Å². The largest absolute Gasteiger partial charge is 0.505 e. The van der Waals surface area contributed by atoms with Gasteiger partial charge in [0.05, 0.1) is 12.5 Å². The molecular formula is C26H34ClN3O3. The van der Waals surface area contributed by atoms with Crippen molar-refractivity contribution < 1.29 is 14.6 Å². The highest BCUT2D eigenvalue weighted by Gasteiger charge is 2.24. The van der Waals surface area contributed by atoms with Crippen LogP contribution in [0, 0.1) is 0 Å². The van der Waals surface area contributed by atoms with Crippen LogP contribution < -0.4 is 0 Å². The second-order valence-electron chi connectivity index (χ2n) is 9.71. The van der Waals surface area contributed by atoms with Crippen LogP contribution in [0.2, 0.25) is 5.02 Å². The minimum atomic E-state index is -0.346. The van der Waals surface area contributed by atoms with E-state index in [4.69, 9.17) is 16.3 Å². The van der Waals surface area contributed by atoms with Crippen LogP contribution in [0.5, 0.6) is 5.75 Å². The number of phenols is 1. The first-order valence-corrected chi connectivity index (χ1v) is 12.0. The van der Waals surface area contributed by atoms with Gasteiger partial charge in [0.25, 0.3) is 0 Å². The van der Waals surface area contributed by atoms with Crippen molar-refractivity contribution in [1.29, 1.82) is 0 Å². The molecule has 6 nitrogen and oxygen atoms in total. The lowest BCUT2D eigenvalue weighted by Crippen LogP contribution is -2.18. The van der Waals surface area contributed by atoms with Crippen LogP contribution in [0.15, 0.2) is 30.3 Å². The van der Waals surface area contributed by atoms with E-state index in [1.54, 1.807) is 24.3 Å². The van der Waals surface area contributed by atoms with Gasteiger partial charge in [-0.3, -0.25) is 4.79 Å². The van der Waals surface area contributed by atoms with E-state index in [0.29, 0.717) is 21.7 Å². The molecule has 0 radical (unpaired) electrons. The van der Waals surface area contributed by atoms with Crippen LogP contribution in [-0.4, -0.2) is 32.2 Å². The number of hydrogen-bond donors (Lipinski definition) is 1. The van der Waals surface area contributed by atoms with Crippen LogP contribution >= 0.6 is 11.6 Å². The molecule has 0 fully saturated rings. The van der Waals surface area contributed by atoms with Gasteiger partial charge in [-0.2, -0.15) is 0 Å². The lowest BCUT2D eigenvalue weighted by atomic mass is 9.84. The average molecular weight is 472 g/mol. The second-order valence-corrected chi connectivity index (χ2v) is 10.1. The zero-order valence-electron chi connectivity index (χ0n) is 20.2. The number of unbranched alkanes of at least 4 members (excludes halogenated alkanes) is 3. The molecule has 3 rings (SSSR count). The summed E-state index contributed by atoms with van der Waals surface area (Å²) in [5.41, 5.74) is 2.83. The number of ether oxygens (including phenoxy) is 1. The third-order valence-electron chi connectivity index (χ3n) is 5.66. The molecule has 1 heterocycles. The van der Waals surface area contributed by atoms with Crippen molar-refractivity contribution in [2.75, 3.05) is 0 Å². The maximum Gasteiger partial charge on any atom is 0.310 e. The van der Waals surface area contributed by atoms with E-state index >= 15 is 0 Å². The third-order valence-corrected chi connectivity index (χ3v) is 5.90. The fourth-order valence-electron chi connectivity index (χ4n) is 3.85. The molecule has 2 aromatic carbocycles. The summed E-state index contributed by atoms with van der Waals surface area (Å²) in [4.78, 5) is 14.0. The number of carbonyl (C=O) groups is 1. The van der Waals surface area contributed by atoms with Gasteiger partial charge in [0, 0.05) is 10.6 Å². The molecule has 0 aliphatic heterocycles. The number of aromatic nitrogens is 3. The SMILES string of the molecule is CCCCCCC(C)OC(=O)Cc1cc(-n2nc3ccc(Cl)cc3n2)c(O)c(C(C)(C)C)c1. The molecule has 178 valence electrons. The van der Waals surface area contributed by atoms with Crippen molar-refractivity contribution in [3.05, 3.63) is 46.5 Å². The molecule has 33 heavy (non-hydrogen) atoms. The number of esters is 1. The Kier molecular flexibility index (Phi) is 8.01. The van der Waals surface area contributed by atoms with Crippen molar-refractivity contribution in [3.63, 3.8) is 0 Å². The smallest absolute Gasteiger partial charge is 0.310 e. The fraction of sp³-hybridized carbons (Fsp3) is 0.500. The summed E-state index contributed by atoms with van der Waals surface area (Å²) in [6.07, 6.45) is 5.47. The van der Waals surface area contributed by atoms with Gasteiger partial charge in [-0.25, -0.2) is 0 Å². The highest BCUT2D eigenvalue weighted by atomic mass is 35.5. The maximum atomic E-state index is 12.6. The minimum Gasteiger partial charge on any atom is -0.505 e. The molecule has 0 bridgehead atoms. The Balaban J connectivity index is 1.87. The number of fused-ring (bicyclic) bond motifs is 1. The number of hydrogen-bond acceptors (Lipinski definition) is 5. The molecule has 1 N–H and O–H groups in total. The van der Waals surface area contributed by atoms with Gasteiger partial charge in [-0.15, -0.1) is 15.0 Å². The zero-order valence-corrected chi connectivity index (χ0v) is 20.9. The van der Waals surface area contributed by atoms with Crippen molar-refractivity contribution in [1.82, 2.24) is 15.0 Å². The Morgan fingerprint density at radius 1 is 1.12 bits per heavy atom. The van der Waals surface area contributed by atoms with E-state index < -0.39 is 0 Å². The number of carbonyl (C=O) groups excluding carboxylic acids is 1. The quantitative estimate of drug-likeness (QED) is 0.284. The van der Waals surface area contributed by atoms with E-state index in [0.717, 1.165) is 30.4 Å². The molecule has 0 amide bonds. The van der Waals surface area contributed by atoms with Gasteiger partial charge in [0.15, 0.2) is 0 Å². The molecule has 3 aromatic rings. The van der Waals surface area contributed by atoms with Crippen molar-refractivity contribution in [2.45, 2.75) is 84.7 Å². The highest BCUT2D eigenvalue weighted by molar-refractivity contribution is 6.31. The summed E-state index contributed by atoms with van der Waals surface area (Å²) in [7, 11) is 0. The van der Waals surface area contributed by atoms with Gasteiger partial charge in [0.2, 0.25) is 0 Å². The Bertz CT molecular complexity index is 1120. The first kappa shape index (κ1) is 25.0. The Morgan fingerprint density at radius 2 is 1.85 bits per heavy atom. The number of nitrogens with zero attached hydrogens (tertiary/aromatic N) is 3. The average Bonchev–Trinajstić information content (AvgIpc) is 3.14. The zero-order chi connectivity index (χ0) is 24.2. The normalized spacial score (nSPS) is 12.8. The third kappa shape index (κ3) is 6.47. The summed E-state index contributed by atoms with van der Waals surface area (Å²) >= 11 is 6.08. The lowest BCUT2D eigenvalue weighted by molar-refractivity contribution is -0.147. The van der Waals surface area contributed by atoms with Crippen molar-refractivity contribution in [3.8, 4) is 11.4 Å². The topological polar surface area (TPSA) is 77.2 Å². The number of phenolic OH excluding ortho intramolecular Hbond substituents is 1. The molecule has 0 spiro atoms. The van der Waals surface area contributed by atoms with E-state index in [-0.39, 0.29) is 29.7 Å². The first-order chi connectivity index (χ1) is 15.6. The lowest BCUT2D eigenvalue weighted by Gasteiger charge is -2.23. The molecule has 0 aliphatic carbocycles. The second kappa shape index (κ2) is 10.6. The van der Waals surface area contributed by atoms with Gasteiger partial charge in [-0.1, -0.05) is 64.6 Å². The van der Waals surface area contributed by atoms with Crippen molar-refractivity contribution >= 4 is 28.6 Å². The molecule has 1 aromatic heterocycles. The van der Waals surface area contributed by atoms with E-state index in [9.17, 15) is 9.90 Å². The first-order valence-electron chi connectivity index (χ1n) is 11.7. The van der Waals surface area contributed by atoms with Crippen molar-refractivity contribution in [2.24, 2.45) is 0 Å². The Labute approximate surface area is 200 Å². The predicted molar refractivity (Wildman–Crippen MR) is 132 cm³/mol. The van der Waals surface area contributed by atoms with Crippen LogP contribution in [0.25, 0.3) is 16.7 Å². The van der Waals surface area contributed by atoms with E-state index in [1.807, 2.05) is 33.8 Å². The maximum absolute atomic E-state index is 12.6. The van der Waals surface area contributed by atoms with Crippen LogP contribution in [0.1, 0.15) is 77.8 Å². The molecular weight excluding hydrogens is 438 g/mol. The summed E-state index contributed by atoms with van der Waals surface area (Å²) in [5, 5.41) is 20.6. The molecule has 1 atom stereocenters. The van der Waals surface area contributed by atoms with Crippen LogP contribution in [-0.2, 0) is 21.4 Å². The van der Waals surface area contributed by atoms with E-state index in [2.05, 4.69) is 17.1 Å². The van der Waals surface area contributed by atoms with Gasteiger partial charge >= 0.3 is 5.97 Å². The van der Waals surface area contributed by atoms with Gasteiger partial charge in [0.1, 0.15) is 22.5 Å². The minimum absolute atomic E-state index is 0.0929. The monoisotopic (exact) mass is 471 g/mol. The highest BCUT2D eigenvalue weighted by Crippen LogP contribution is 2.36. The molecule has 0 saturated heterocycles. The summed E-state index contributed by atoms with van der Waals surface area (Å²) in [6, 6.07) is 8.88. The Hall–Kier alpha value is -2.60. The number of halogens is 1. The number of rotatable bonds is 9. The summed E-state index contributed by atoms with van der Waals surface area (Å²) in [5.74, 6) is -0.185. The standard InChI is InChI=1S/C26H34ClN3O3/c1-6-7-8-9-10-17(2)33-24(31)15-18-13-20(26(3,4)5)25(32)23(14-18)30-28-21-12-11-19(27)16-22(21)29-30/h11-14,16-17,32H,6-10,15H2,1-5H3. The predicted octanol–water partition coefficient (Wildman–Crippen LogP) is 6.52.